The van der Waals surface area contributed by atoms with Crippen LogP contribution in [0.1, 0.15) is 52.2 Å². The summed E-state index contributed by atoms with van der Waals surface area (Å²) in [5.74, 6) is -1.44. The average molecular weight is 404 g/mol. The first-order valence-corrected chi connectivity index (χ1v) is 10.1. The maximum absolute atomic E-state index is 12.6. The number of carbonyl (C=O) groups is 2. The highest BCUT2D eigenvalue weighted by atomic mass is 16.6. The lowest BCUT2D eigenvalue weighted by atomic mass is 9.44. The molecule has 4 rings (SSSR count). The van der Waals surface area contributed by atoms with Crippen LogP contribution in [0, 0.1) is 22.7 Å². The van der Waals surface area contributed by atoms with Gasteiger partial charge in [-0.3, -0.25) is 4.79 Å². The molecule has 1 aliphatic heterocycles. The van der Waals surface area contributed by atoms with Gasteiger partial charge in [-0.25, -0.2) is 4.79 Å². The molecule has 2 N–H and O–H groups in total. The van der Waals surface area contributed by atoms with Crippen LogP contribution in [0.25, 0.3) is 0 Å². The zero-order chi connectivity index (χ0) is 21.1. The maximum Gasteiger partial charge on any atom is 0.334 e. The first kappa shape index (κ1) is 20.2. The molecule has 0 aromatic carbocycles. The number of carbonyl (C=O) groups excluding carboxylic acids is 2. The Morgan fingerprint density at radius 1 is 1.41 bits per heavy atom. The van der Waals surface area contributed by atoms with Gasteiger partial charge in [0.1, 0.15) is 12.2 Å². The third-order valence-electron chi connectivity index (χ3n) is 7.65. The fourth-order valence-electron chi connectivity index (χ4n) is 6.19. The zero-order valence-electron chi connectivity index (χ0n) is 17.1. The summed E-state index contributed by atoms with van der Waals surface area (Å²) in [4.78, 5) is 24.4. The molecule has 1 saturated heterocycles. The monoisotopic (exact) mass is 404 g/mol. The molecule has 1 aromatic rings. The highest BCUT2D eigenvalue weighted by Crippen LogP contribution is 2.66. The predicted molar refractivity (Wildman–Crippen MR) is 101 cm³/mol. The molecule has 2 fully saturated rings. The Bertz CT molecular complexity index is 843. The lowest BCUT2D eigenvalue weighted by Gasteiger charge is -2.60. The van der Waals surface area contributed by atoms with Crippen LogP contribution in [0.2, 0.25) is 0 Å². The van der Waals surface area contributed by atoms with Crippen molar-refractivity contribution >= 4 is 11.9 Å². The molecule has 158 valence electrons. The lowest BCUT2D eigenvalue weighted by Crippen LogP contribution is -2.65. The van der Waals surface area contributed by atoms with Crippen molar-refractivity contribution in [2.24, 2.45) is 22.7 Å². The topological polar surface area (TPSA) is 106 Å². The molecule has 1 saturated carbocycles. The number of aliphatic hydroxyl groups excluding tert-OH is 2. The normalized spacial score (nSPS) is 41.9. The van der Waals surface area contributed by atoms with E-state index in [1.807, 2.05) is 20.8 Å². The number of hydrogen-bond acceptors (Lipinski definition) is 7. The molecule has 7 nitrogen and oxygen atoms in total. The van der Waals surface area contributed by atoms with E-state index in [0.717, 1.165) is 0 Å². The van der Waals surface area contributed by atoms with E-state index < -0.39 is 47.2 Å². The summed E-state index contributed by atoms with van der Waals surface area (Å²) in [6.07, 6.45) is 2.59. The third kappa shape index (κ3) is 2.78. The van der Waals surface area contributed by atoms with E-state index in [-0.39, 0.29) is 11.8 Å². The lowest BCUT2D eigenvalue weighted by molar-refractivity contribution is -0.215. The summed E-state index contributed by atoms with van der Waals surface area (Å²) in [5.41, 5.74) is -0.276. The van der Waals surface area contributed by atoms with Gasteiger partial charge in [-0.05, 0) is 23.8 Å². The largest absolute Gasteiger partial charge is 0.472 e. The Kier molecular flexibility index (Phi) is 4.66. The Morgan fingerprint density at radius 2 is 2.14 bits per heavy atom. The summed E-state index contributed by atoms with van der Waals surface area (Å²) < 4.78 is 16.4. The second-order valence-electron chi connectivity index (χ2n) is 9.15. The van der Waals surface area contributed by atoms with Gasteiger partial charge in [-0.15, -0.1) is 0 Å². The van der Waals surface area contributed by atoms with Crippen molar-refractivity contribution in [2.45, 2.75) is 65.0 Å². The van der Waals surface area contributed by atoms with Crippen molar-refractivity contribution in [1.29, 1.82) is 0 Å². The summed E-state index contributed by atoms with van der Waals surface area (Å²) in [5, 5.41) is 22.0. The highest BCUT2D eigenvalue weighted by Gasteiger charge is 2.70. The van der Waals surface area contributed by atoms with Crippen LogP contribution in [-0.2, 0) is 19.1 Å². The fourth-order valence-corrected chi connectivity index (χ4v) is 6.19. The van der Waals surface area contributed by atoms with Crippen LogP contribution in [0.3, 0.4) is 0 Å². The Hall–Kier alpha value is -2.12. The summed E-state index contributed by atoms with van der Waals surface area (Å²) in [6, 6.07) is 1.71. The Balaban J connectivity index is 1.82. The molecule has 8 atom stereocenters. The van der Waals surface area contributed by atoms with Gasteiger partial charge < -0.3 is 24.1 Å². The summed E-state index contributed by atoms with van der Waals surface area (Å²) in [6.45, 7) is 7.18. The molecule has 0 bridgehead atoms. The standard InChI is InChI=1S/C22H28O7/c1-11-17(25)19-22(4)14(20(26)29-19)5-6-16(28-12(2)23)18(22)21(11,3)9-15(24)13-7-8-27-10-13/h5,7-8,10-11,15-19,24-25H,6,9H2,1-4H3/t11-,15?,16-,17-,18-,19+,21+,22-/m1/s1. The molecule has 0 spiro atoms. The number of ether oxygens (including phenoxy) is 2. The van der Waals surface area contributed by atoms with E-state index in [1.54, 1.807) is 12.1 Å². The Morgan fingerprint density at radius 3 is 2.76 bits per heavy atom. The second-order valence-corrected chi connectivity index (χ2v) is 9.15. The van der Waals surface area contributed by atoms with Gasteiger partial charge >= 0.3 is 11.9 Å². The van der Waals surface area contributed by atoms with E-state index in [4.69, 9.17) is 13.9 Å². The summed E-state index contributed by atoms with van der Waals surface area (Å²) in [7, 11) is 0. The van der Waals surface area contributed by atoms with Crippen molar-refractivity contribution in [3.63, 3.8) is 0 Å². The number of hydrogen-bond donors (Lipinski definition) is 2. The second kappa shape index (κ2) is 6.71. The van der Waals surface area contributed by atoms with Gasteiger partial charge in [0.2, 0.25) is 0 Å². The first-order valence-electron chi connectivity index (χ1n) is 10.1. The fraction of sp³-hybridized carbons (Fsp3) is 0.636. The van der Waals surface area contributed by atoms with Crippen LogP contribution in [-0.4, -0.2) is 40.5 Å². The molecule has 7 heteroatoms. The Labute approximate surface area is 169 Å². The molecule has 2 aliphatic carbocycles. The van der Waals surface area contributed by atoms with Gasteiger partial charge in [0.05, 0.1) is 24.7 Å². The number of rotatable bonds is 4. The molecule has 1 unspecified atom stereocenters. The third-order valence-corrected chi connectivity index (χ3v) is 7.65. The minimum Gasteiger partial charge on any atom is -0.472 e. The SMILES string of the molecule is CC(=O)O[C@@H]1CC=C2C(=O)O[C@H]3[C@H](O)[C@@H](C)[C@](C)(CC(O)c4ccoc4)[C@@H]1[C@@]23C. The van der Waals surface area contributed by atoms with E-state index in [9.17, 15) is 19.8 Å². The molecular formula is C22H28O7. The number of aliphatic hydroxyl groups is 2. The van der Waals surface area contributed by atoms with E-state index in [1.165, 1.54) is 19.5 Å². The van der Waals surface area contributed by atoms with Gasteiger partial charge in [0.15, 0.2) is 0 Å². The van der Waals surface area contributed by atoms with Crippen LogP contribution in [0.15, 0.2) is 34.7 Å². The molecule has 0 radical (unpaired) electrons. The minimum absolute atomic E-state index is 0.310. The smallest absolute Gasteiger partial charge is 0.334 e. The van der Waals surface area contributed by atoms with Crippen LogP contribution in [0.5, 0.6) is 0 Å². The van der Waals surface area contributed by atoms with Crippen molar-refractivity contribution < 1.29 is 33.7 Å². The van der Waals surface area contributed by atoms with Crippen molar-refractivity contribution in [2.75, 3.05) is 0 Å². The highest BCUT2D eigenvalue weighted by molar-refractivity contribution is 5.93. The number of esters is 2. The van der Waals surface area contributed by atoms with Crippen molar-refractivity contribution in [3.8, 4) is 0 Å². The zero-order valence-corrected chi connectivity index (χ0v) is 17.1. The molecule has 29 heavy (non-hydrogen) atoms. The average Bonchev–Trinajstić information content (AvgIpc) is 3.25. The van der Waals surface area contributed by atoms with Crippen molar-refractivity contribution in [3.05, 3.63) is 35.8 Å². The van der Waals surface area contributed by atoms with E-state index in [2.05, 4.69) is 0 Å². The van der Waals surface area contributed by atoms with Gasteiger partial charge in [-0.2, -0.15) is 0 Å². The van der Waals surface area contributed by atoms with Gasteiger partial charge in [0.25, 0.3) is 0 Å². The van der Waals surface area contributed by atoms with E-state index >= 15 is 0 Å². The molecule has 2 heterocycles. The quantitative estimate of drug-likeness (QED) is 0.743. The molecule has 3 aliphatic rings. The van der Waals surface area contributed by atoms with Crippen LogP contribution in [0.4, 0.5) is 0 Å². The first-order chi connectivity index (χ1) is 13.6. The van der Waals surface area contributed by atoms with Gasteiger partial charge in [0, 0.05) is 35.8 Å². The summed E-state index contributed by atoms with van der Waals surface area (Å²) >= 11 is 0. The molecule has 0 amide bonds. The van der Waals surface area contributed by atoms with Gasteiger partial charge in [-0.1, -0.05) is 26.8 Å². The van der Waals surface area contributed by atoms with Crippen LogP contribution >= 0.6 is 0 Å². The number of furan rings is 1. The maximum atomic E-state index is 12.6. The molecule has 1 aromatic heterocycles. The predicted octanol–water partition coefficient (Wildman–Crippen LogP) is 2.53. The minimum atomic E-state index is -0.899. The van der Waals surface area contributed by atoms with E-state index in [0.29, 0.717) is 24.0 Å². The molecular weight excluding hydrogens is 376 g/mol. The van der Waals surface area contributed by atoms with Crippen LogP contribution < -0.4 is 0 Å². The van der Waals surface area contributed by atoms with Crippen molar-refractivity contribution in [1.82, 2.24) is 0 Å².